The summed E-state index contributed by atoms with van der Waals surface area (Å²) in [4.78, 5) is 19.7. The Morgan fingerprint density at radius 3 is 2.59 bits per heavy atom. The molecule has 1 unspecified atom stereocenters. The number of aliphatic hydroxyl groups is 1. The Kier molecular flexibility index (Phi) is 4.36. The third kappa shape index (κ3) is 3.19. The Morgan fingerprint density at radius 2 is 1.83 bits per heavy atom. The van der Waals surface area contributed by atoms with Crippen LogP contribution in [-0.4, -0.2) is 39.1 Å². The van der Waals surface area contributed by atoms with Crippen molar-refractivity contribution in [2.24, 2.45) is 0 Å². The third-order valence-electron chi connectivity index (χ3n) is 6.24. The molecular formula is C24H23FN2O2. The van der Waals surface area contributed by atoms with Crippen LogP contribution in [0, 0.1) is 12.7 Å². The van der Waals surface area contributed by atoms with Crippen LogP contribution in [0.4, 0.5) is 4.39 Å². The lowest BCUT2D eigenvalue weighted by Gasteiger charge is -2.37. The van der Waals surface area contributed by atoms with Crippen LogP contribution in [-0.2, 0) is 0 Å². The van der Waals surface area contributed by atoms with E-state index >= 15 is 0 Å². The van der Waals surface area contributed by atoms with Gasteiger partial charge in [0.15, 0.2) is 0 Å². The van der Waals surface area contributed by atoms with Gasteiger partial charge in [-0.2, -0.15) is 0 Å². The molecular weight excluding hydrogens is 367 g/mol. The highest BCUT2D eigenvalue weighted by Crippen LogP contribution is 2.37. The maximum Gasteiger partial charge on any atom is 0.254 e. The number of aromatic nitrogens is 1. The largest absolute Gasteiger partial charge is 0.393 e. The number of hydrogen-bond acceptors (Lipinski definition) is 3. The quantitative estimate of drug-likeness (QED) is 0.702. The lowest BCUT2D eigenvalue weighted by atomic mass is 9.96. The van der Waals surface area contributed by atoms with Gasteiger partial charge in [0.25, 0.3) is 5.91 Å². The van der Waals surface area contributed by atoms with Crippen LogP contribution < -0.4 is 0 Å². The minimum absolute atomic E-state index is 0.0481. The van der Waals surface area contributed by atoms with Crippen LogP contribution in [0.1, 0.15) is 41.7 Å². The summed E-state index contributed by atoms with van der Waals surface area (Å²) in [5.41, 5.74) is 3.62. The van der Waals surface area contributed by atoms with Gasteiger partial charge in [0, 0.05) is 28.7 Å². The normalized spacial score (nSPS) is 23.6. The number of fused-ring (bicyclic) bond motifs is 3. The third-order valence-corrected chi connectivity index (χ3v) is 6.24. The molecule has 1 aromatic heterocycles. The summed E-state index contributed by atoms with van der Waals surface area (Å²) in [5.74, 6) is -0.561. The van der Waals surface area contributed by atoms with Crippen LogP contribution in [0.2, 0.25) is 0 Å². The Balaban J connectivity index is 1.58. The number of rotatable bonds is 2. The summed E-state index contributed by atoms with van der Waals surface area (Å²) < 4.78 is 14.6. The summed E-state index contributed by atoms with van der Waals surface area (Å²) >= 11 is 0. The van der Waals surface area contributed by atoms with Crippen molar-refractivity contribution >= 4 is 16.8 Å². The van der Waals surface area contributed by atoms with E-state index in [0.29, 0.717) is 24.0 Å². The van der Waals surface area contributed by atoms with Crippen molar-refractivity contribution in [2.45, 2.75) is 50.8 Å². The zero-order valence-corrected chi connectivity index (χ0v) is 16.3. The molecule has 3 aromatic rings. The summed E-state index contributed by atoms with van der Waals surface area (Å²) in [6, 6.07) is 14.4. The van der Waals surface area contributed by atoms with Crippen LogP contribution in [0.15, 0.2) is 48.5 Å². The van der Waals surface area contributed by atoms with Gasteiger partial charge in [0.05, 0.1) is 11.6 Å². The van der Waals surface area contributed by atoms with Crippen molar-refractivity contribution in [3.05, 3.63) is 65.6 Å². The number of pyridine rings is 1. The van der Waals surface area contributed by atoms with E-state index in [0.717, 1.165) is 35.0 Å². The lowest BCUT2D eigenvalue weighted by Crippen LogP contribution is -2.48. The van der Waals surface area contributed by atoms with Crippen molar-refractivity contribution in [3.8, 4) is 11.1 Å². The van der Waals surface area contributed by atoms with Gasteiger partial charge in [-0.1, -0.05) is 18.2 Å². The molecule has 2 aliphatic rings. The Hall–Kier alpha value is -2.79. The number of carbonyl (C=O) groups excluding carboxylic acids is 1. The molecule has 2 fully saturated rings. The standard InChI is InChI=1S/C24H23FN2O2/c1-14-8-22(21-4-2-3-5-23(21)26-14)15-9-16(11-17(25)10-15)24(29)27-18-6-7-19(27)13-20(28)12-18/h2-5,8-11,18-20,28H,6-7,12-13H2,1H3/t18-,19+,20?. The number of halogens is 1. The fourth-order valence-corrected chi connectivity index (χ4v) is 5.04. The van der Waals surface area contributed by atoms with Crippen LogP contribution >= 0.6 is 0 Å². The first kappa shape index (κ1) is 18.3. The minimum atomic E-state index is -0.422. The fourth-order valence-electron chi connectivity index (χ4n) is 5.04. The molecule has 2 bridgehead atoms. The molecule has 0 aliphatic carbocycles. The maximum absolute atomic E-state index is 14.6. The Bertz CT molecular complexity index is 1100. The zero-order chi connectivity index (χ0) is 20.1. The average Bonchev–Trinajstić information content (AvgIpc) is 2.97. The molecule has 1 N–H and O–H groups in total. The smallest absolute Gasteiger partial charge is 0.254 e. The molecule has 0 radical (unpaired) electrons. The van der Waals surface area contributed by atoms with Gasteiger partial charge < -0.3 is 10.0 Å². The molecule has 1 amide bonds. The molecule has 0 spiro atoms. The van der Waals surface area contributed by atoms with E-state index in [4.69, 9.17) is 0 Å². The first-order valence-corrected chi connectivity index (χ1v) is 10.2. The lowest BCUT2D eigenvalue weighted by molar-refractivity contribution is 0.0286. The predicted octanol–water partition coefficient (Wildman–Crippen LogP) is 4.48. The van der Waals surface area contributed by atoms with Crippen LogP contribution in [0.5, 0.6) is 0 Å². The molecule has 2 aromatic carbocycles. The molecule has 148 valence electrons. The number of para-hydroxylation sites is 1. The molecule has 3 heterocycles. The van der Waals surface area contributed by atoms with E-state index in [1.165, 1.54) is 12.1 Å². The second kappa shape index (κ2) is 6.92. The van der Waals surface area contributed by atoms with Crippen molar-refractivity contribution in [1.29, 1.82) is 0 Å². The number of benzene rings is 2. The van der Waals surface area contributed by atoms with Crippen molar-refractivity contribution in [3.63, 3.8) is 0 Å². The van der Waals surface area contributed by atoms with Gasteiger partial charge in [-0.25, -0.2) is 4.39 Å². The summed E-state index contributed by atoms with van der Waals surface area (Å²) in [5, 5.41) is 11.0. The van der Waals surface area contributed by atoms with E-state index in [1.807, 2.05) is 42.2 Å². The van der Waals surface area contributed by atoms with Crippen LogP contribution in [0.25, 0.3) is 22.0 Å². The second-order valence-corrected chi connectivity index (χ2v) is 8.28. The van der Waals surface area contributed by atoms with Crippen LogP contribution in [0.3, 0.4) is 0 Å². The molecule has 5 rings (SSSR count). The first-order chi connectivity index (χ1) is 14.0. The number of piperidine rings is 1. The molecule has 2 saturated heterocycles. The SMILES string of the molecule is Cc1cc(-c2cc(F)cc(C(=O)N3[C@@H]4CC[C@H]3CC(O)C4)c2)c2ccccc2n1. The number of nitrogens with zero attached hydrogens (tertiary/aromatic N) is 2. The van der Waals surface area contributed by atoms with Gasteiger partial charge in [0.1, 0.15) is 5.82 Å². The topological polar surface area (TPSA) is 53.4 Å². The van der Waals surface area contributed by atoms with E-state index in [9.17, 15) is 14.3 Å². The van der Waals surface area contributed by atoms with Gasteiger partial charge >= 0.3 is 0 Å². The Labute approximate surface area is 169 Å². The molecule has 0 saturated carbocycles. The highest BCUT2D eigenvalue weighted by Gasteiger charge is 2.43. The molecule has 3 atom stereocenters. The fraction of sp³-hybridized carbons (Fsp3) is 0.333. The monoisotopic (exact) mass is 390 g/mol. The highest BCUT2D eigenvalue weighted by molar-refractivity contribution is 5.99. The number of aryl methyl sites for hydroxylation is 1. The van der Waals surface area contributed by atoms with Gasteiger partial charge in [-0.05, 0) is 74.1 Å². The minimum Gasteiger partial charge on any atom is -0.393 e. The second-order valence-electron chi connectivity index (χ2n) is 8.28. The molecule has 2 aliphatic heterocycles. The molecule has 5 heteroatoms. The number of carbonyl (C=O) groups is 1. The van der Waals surface area contributed by atoms with Gasteiger partial charge in [-0.15, -0.1) is 0 Å². The van der Waals surface area contributed by atoms with E-state index in [2.05, 4.69) is 4.98 Å². The van der Waals surface area contributed by atoms with Crippen molar-refractivity contribution < 1.29 is 14.3 Å². The predicted molar refractivity (Wildman–Crippen MR) is 110 cm³/mol. The number of amides is 1. The number of hydrogen-bond donors (Lipinski definition) is 1. The zero-order valence-electron chi connectivity index (χ0n) is 16.3. The molecule has 29 heavy (non-hydrogen) atoms. The number of aliphatic hydroxyl groups excluding tert-OH is 1. The summed E-state index contributed by atoms with van der Waals surface area (Å²) in [7, 11) is 0. The highest BCUT2D eigenvalue weighted by atomic mass is 19.1. The average molecular weight is 390 g/mol. The summed E-state index contributed by atoms with van der Waals surface area (Å²) in [6.07, 6.45) is 2.69. The maximum atomic E-state index is 14.6. The van der Waals surface area contributed by atoms with Crippen molar-refractivity contribution in [1.82, 2.24) is 9.88 Å². The molecule has 4 nitrogen and oxygen atoms in total. The first-order valence-electron chi connectivity index (χ1n) is 10.2. The van der Waals surface area contributed by atoms with Crippen molar-refractivity contribution in [2.75, 3.05) is 0 Å². The van der Waals surface area contributed by atoms with Gasteiger partial charge in [-0.3, -0.25) is 9.78 Å². The van der Waals surface area contributed by atoms with E-state index in [1.54, 1.807) is 6.07 Å². The van der Waals surface area contributed by atoms with Gasteiger partial charge in [0.2, 0.25) is 0 Å². The van der Waals surface area contributed by atoms with E-state index < -0.39 is 5.82 Å². The van der Waals surface area contributed by atoms with E-state index in [-0.39, 0.29) is 24.1 Å². The summed E-state index contributed by atoms with van der Waals surface area (Å²) in [6.45, 7) is 1.91. The Morgan fingerprint density at radius 1 is 1.10 bits per heavy atom.